The average Bonchev–Trinajstić information content (AvgIpc) is 3.85. The maximum atomic E-state index is 13.3. The molecule has 73 heavy (non-hydrogen) atoms. The van der Waals surface area contributed by atoms with Crippen LogP contribution in [0.1, 0.15) is 269 Å². The largest absolute Gasteiger partial charge is 0.390 e. The van der Waals surface area contributed by atoms with Crippen molar-refractivity contribution in [2.75, 3.05) is 6.61 Å². The Balaban J connectivity index is 1.36. The van der Waals surface area contributed by atoms with Crippen LogP contribution in [0.3, 0.4) is 0 Å². The summed E-state index contributed by atoms with van der Waals surface area (Å²) in [6, 6.07) is 9.26. The van der Waals surface area contributed by atoms with E-state index in [1.54, 1.807) is 10.9 Å². The van der Waals surface area contributed by atoms with E-state index in [9.17, 15) is 30.3 Å². The molecule has 1 aliphatic rings. The van der Waals surface area contributed by atoms with Gasteiger partial charge in [-0.2, -0.15) is 0 Å². The Kier molecular flexibility index (Phi) is 38.7. The van der Waals surface area contributed by atoms with Gasteiger partial charge in [0.15, 0.2) is 6.29 Å². The first-order valence-corrected chi connectivity index (χ1v) is 30.6. The first-order valence-electron chi connectivity index (χ1n) is 30.6. The van der Waals surface area contributed by atoms with Gasteiger partial charge in [0.25, 0.3) is 0 Å². The number of aliphatic hydroxyl groups excluding tert-OH is 5. The predicted molar refractivity (Wildman–Crippen MR) is 297 cm³/mol. The summed E-state index contributed by atoms with van der Waals surface area (Å²) in [6.45, 7) is 4.30. The lowest BCUT2D eigenvalue weighted by Crippen LogP contribution is -2.60. The number of ether oxygens (including phenoxy) is 2. The van der Waals surface area contributed by atoms with Crippen molar-refractivity contribution in [1.29, 1.82) is 0 Å². The summed E-state index contributed by atoms with van der Waals surface area (Å²) in [6.07, 6.45) is 40.0. The first-order chi connectivity index (χ1) is 35.7. The zero-order valence-electron chi connectivity index (χ0n) is 46.6. The highest BCUT2D eigenvalue weighted by Crippen LogP contribution is 2.25. The number of aliphatic hydroxyl groups is 5. The zero-order valence-corrected chi connectivity index (χ0v) is 46.6. The van der Waals surface area contributed by atoms with Gasteiger partial charge in [-0.05, 0) is 37.7 Å². The van der Waals surface area contributed by atoms with Crippen LogP contribution in [0.2, 0.25) is 0 Å². The fraction of sp³-hybridized carbons (Fsp3) is 0.852. The number of carbonyl (C=O) groups is 1. The summed E-state index contributed by atoms with van der Waals surface area (Å²) < 4.78 is 13.6. The SMILES string of the molecule is CCCCCCCCCCCCCCCCCCCCCCCCCC(=O)N[C@@H](CO[C@H]1O[C@H](Cn2cc(CCCc3ccccc3)nn2)[C@H](O)[C@H](O)[C@H]1O)[C@H](O)[C@H](O)CCCCCCCCCCCCCC. The number of hydrogen-bond donors (Lipinski definition) is 6. The fourth-order valence-electron chi connectivity index (χ4n) is 10.5. The Morgan fingerprint density at radius 3 is 1.52 bits per heavy atom. The summed E-state index contributed by atoms with van der Waals surface area (Å²) in [5, 5.41) is 66.8. The molecule has 0 aliphatic carbocycles. The van der Waals surface area contributed by atoms with Crippen LogP contribution >= 0.6 is 0 Å². The monoisotopic (exact) mass is 1030 g/mol. The minimum atomic E-state index is -1.59. The molecule has 12 nitrogen and oxygen atoms in total. The number of nitrogens with zero attached hydrogens (tertiary/aromatic N) is 3. The Bertz CT molecular complexity index is 1550. The lowest BCUT2D eigenvalue weighted by molar-refractivity contribution is -0.301. The van der Waals surface area contributed by atoms with Crippen LogP contribution in [0.15, 0.2) is 36.5 Å². The molecule has 1 aromatic carbocycles. The number of aryl methyl sites for hydroxylation is 2. The van der Waals surface area contributed by atoms with Crippen molar-refractivity contribution < 1.29 is 39.8 Å². The Hall–Kier alpha value is -2.45. The van der Waals surface area contributed by atoms with Crippen molar-refractivity contribution in [2.45, 2.75) is 326 Å². The number of amides is 1. The van der Waals surface area contributed by atoms with Gasteiger partial charge in [-0.3, -0.25) is 4.79 Å². The summed E-state index contributed by atoms with van der Waals surface area (Å²) in [5.74, 6) is -0.238. The molecule has 0 bridgehead atoms. The second kappa shape index (κ2) is 43.6. The first kappa shape index (κ1) is 64.8. The zero-order chi connectivity index (χ0) is 52.4. The van der Waals surface area contributed by atoms with E-state index in [-0.39, 0.29) is 19.1 Å². The Labute approximate surface area is 445 Å². The van der Waals surface area contributed by atoms with Crippen molar-refractivity contribution in [2.24, 2.45) is 0 Å². The second-order valence-electron chi connectivity index (χ2n) is 22.1. The molecule has 1 amide bonds. The van der Waals surface area contributed by atoms with Gasteiger partial charge in [0.05, 0.1) is 31.0 Å². The molecule has 1 saturated heterocycles. The molecule has 0 radical (unpaired) electrons. The molecule has 2 aromatic rings. The van der Waals surface area contributed by atoms with Crippen LogP contribution in [-0.2, 0) is 33.7 Å². The van der Waals surface area contributed by atoms with Crippen LogP contribution in [0.25, 0.3) is 0 Å². The third kappa shape index (κ3) is 31.4. The van der Waals surface area contributed by atoms with Crippen LogP contribution in [0.4, 0.5) is 0 Å². The Morgan fingerprint density at radius 2 is 1.04 bits per heavy atom. The number of hydrogen-bond acceptors (Lipinski definition) is 10. The van der Waals surface area contributed by atoms with Crippen LogP contribution < -0.4 is 5.32 Å². The van der Waals surface area contributed by atoms with E-state index >= 15 is 0 Å². The molecule has 2 heterocycles. The van der Waals surface area contributed by atoms with E-state index in [2.05, 4.69) is 41.6 Å². The third-order valence-corrected chi connectivity index (χ3v) is 15.3. The maximum Gasteiger partial charge on any atom is 0.220 e. The molecule has 0 spiro atoms. The van der Waals surface area contributed by atoms with Crippen LogP contribution in [0.5, 0.6) is 0 Å². The highest BCUT2D eigenvalue weighted by molar-refractivity contribution is 5.76. The predicted octanol–water partition coefficient (Wildman–Crippen LogP) is 13.0. The second-order valence-corrected chi connectivity index (χ2v) is 22.1. The van der Waals surface area contributed by atoms with Gasteiger partial charge in [0.1, 0.15) is 30.5 Å². The molecule has 422 valence electrons. The van der Waals surface area contributed by atoms with Gasteiger partial charge in [-0.25, -0.2) is 4.68 Å². The molecule has 1 aliphatic heterocycles. The molecule has 0 saturated carbocycles. The van der Waals surface area contributed by atoms with E-state index in [0.717, 1.165) is 69.9 Å². The molecule has 0 unspecified atom stereocenters. The lowest BCUT2D eigenvalue weighted by Gasteiger charge is -2.40. The van der Waals surface area contributed by atoms with Crippen molar-refractivity contribution in [3.05, 3.63) is 47.8 Å². The van der Waals surface area contributed by atoms with E-state index in [0.29, 0.717) is 12.8 Å². The number of aromatic nitrogens is 3. The van der Waals surface area contributed by atoms with Gasteiger partial charge in [0.2, 0.25) is 5.91 Å². The van der Waals surface area contributed by atoms with E-state index in [1.165, 1.54) is 185 Å². The number of unbranched alkanes of at least 4 members (excludes halogenated alkanes) is 33. The van der Waals surface area contributed by atoms with Gasteiger partial charge in [0, 0.05) is 12.6 Å². The summed E-state index contributed by atoms with van der Waals surface area (Å²) >= 11 is 0. The van der Waals surface area contributed by atoms with E-state index in [1.807, 2.05) is 18.2 Å². The van der Waals surface area contributed by atoms with Gasteiger partial charge in [-0.15, -0.1) is 5.10 Å². The molecular formula is C61H110N4O8. The standard InChI is InChI=1S/C61H110N4O8/c1-3-5-7-9-11-13-15-17-18-19-20-21-22-23-24-25-26-27-29-31-33-35-40-47-56(67)62-53(57(68)54(66)46-39-34-32-30-28-16-14-12-10-8-6-4-2)50-72-61-60(71)59(70)58(69)55(73-61)49-65-48-52(63-64-65)45-41-44-51-42-37-36-38-43-51/h36-38,42-43,48,53-55,57-61,66,68-71H,3-35,39-41,44-47,49-50H2,1-2H3,(H,62,67)/t53-,54+,55+,57-,58-,59-,60+,61-/m0/s1. The van der Waals surface area contributed by atoms with E-state index in [4.69, 9.17) is 9.47 Å². The lowest BCUT2D eigenvalue weighted by atomic mass is 9.98. The average molecular weight is 1030 g/mol. The normalized spacial score (nSPS) is 19.3. The van der Waals surface area contributed by atoms with Crippen LogP contribution in [0, 0.1) is 0 Å². The molecule has 12 heteroatoms. The minimum Gasteiger partial charge on any atom is -0.390 e. The summed E-state index contributed by atoms with van der Waals surface area (Å²) in [7, 11) is 0. The van der Waals surface area contributed by atoms with Crippen LogP contribution in [-0.4, -0.2) is 102 Å². The fourth-order valence-corrected chi connectivity index (χ4v) is 10.5. The third-order valence-electron chi connectivity index (χ3n) is 15.3. The molecular weight excluding hydrogens is 917 g/mol. The number of benzene rings is 1. The molecule has 1 aromatic heterocycles. The molecule has 8 atom stereocenters. The van der Waals surface area contributed by atoms with Gasteiger partial charge >= 0.3 is 0 Å². The van der Waals surface area contributed by atoms with Crippen molar-refractivity contribution >= 4 is 5.91 Å². The number of carbonyl (C=O) groups excluding carboxylic acids is 1. The number of rotatable bonds is 49. The van der Waals surface area contributed by atoms with E-state index < -0.39 is 49.0 Å². The summed E-state index contributed by atoms with van der Waals surface area (Å²) in [4.78, 5) is 13.3. The van der Waals surface area contributed by atoms with Gasteiger partial charge in [-0.1, -0.05) is 268 Å². The molecule has 3 rings (SSSR count). The smallest absolute Gasteiger partial charge is 0.220 e. The highest BCUT2D eigenvalue weighted by atomic mass is 16.7. The van der Waals surface area contributed by atoms with Crippen molar-refractivity contribution in [1.82, 2.24) is 20.3 Å². The molecule has 1 fully saturated rings. The summed E-state index contributed by atoms with van der Waals surface area (Å²) in [5.41, 5.74) is 2.04. The quantitative estimate of drug-likeness (QED) is 0.0349. The Morgan fingerprint density at radius 1 is 0.589 bits per heavy atom. The highest BCUT2D eigenvalue weighted by Gasteiger charge is 2.45. The van der Waals surface area contributed by atoms with Crippen molar-refractivity contribution in [3.8, 4) is 0 Å². The molecule has 6 N–H and O–H groups in total. The topological polar surface area (TPSA) is 179 Å². The van der Waals surface area contributed by atoms with Gasteiger partial charge < -0.3 is 40.3 Å². The minimum absolute atomic E-state index is 0.0522. The number of nitrogens with one attached hydrogen (secondary N) is 1. The maximum absolute atomic E-state index is 13.3. The van der Waals surface area contributed by atoms with Crippen molar-refractivity contribution in [3.63, 3.8) is 0 Å².